The number of nitrogens with one attached hydrogen (secondary N) is 4. The third-order valence-electron chi connectivity index (χ3n) is 4.21. The molecule has 0 radical (unpaired) electrons. The second-order valence-corrected chi connectivity index (χ2v) is 6.99. The van der Waals surface area contributed by atoms with Gasteiger partial charge in [-0.3, -0.25) is 20.4 Å². The smallest absolute Gasteiger partial charge is 0.327 e. The molecule has 3 aromatic rings. The number of carbonyl (C=O) groups excluding carboxylic acids is 2. The van der Waals surface area contributed by atoms with Crippen molar-refractivity contribution < 1.29 is 9.59 Å². The highest BCUT2D eigenvalue weighted by molar-refractivity contribution is 7.80. The SMILES string of the molecule is O=C(NCc1cccc2ccccc12)C(=O)NNC(=S)NCc1ccccc1Cl. The summed E-state index contributed by atoms with van der Waals surface area (Å²) in [5, 5.41) is 8.38. The van der Waals surface area contributed by atoms with Crippen LogP contribution in [-0.2, 0) is 22.7 Å². The molecule has 0 aliphatic heterocycles. The standard InChI is InChI=1S/C21H19ClN4O2S/c22-18-11-4-2-7-16(18)13-24-21(29)26-25-20(28)19(27)23-12-15-9-5-8-14-6-1-3-10-17(14)15/h1-11H,12-13H2,(H,23,27)(H,25,28)(H2,24,26,29). The molecule has 0 atom stereocenters. The lowest BCUT2D eigenvalue weighted by Gasteiger charge is -2.12. The minimum atomic E-state index is -0.841. The molecule has 29 heavy (non-hydrogen) atoms. The second kappa shape index (κ2) is 9.86. The zero-order chi connectivity index (χ0) is 20.6. The first-order chi connectivity index (χ1) is 14.0. The number of fused-ring (bicyclic) bond motifs is 1. The van der Waals surface area contributed by atoms with Crippen molar-refractivity contribution in [1.82, 2.24) is 21.5 Å². The van der Waals surface area contributed by atoms with E-state index in [-0.39, 0.29) is 11.7 Å². The largest absolute Gasteiger partial charge is 0.357 e. The van der Waals surface area contributed by atoms with E-state index in [9.17, 15) is 9.59 Å². The number of hydrogen-bond acceptors (Lipinski definition) is 3. The number of carbonyl (C=O) groups is 2. The van der Waals surface area contributed by atoms with Crippen molar-refractivity contribution in [2.24, 2.45) is 0 Å². The quantitative estimate of drug-likeness (QED) is 0.293. The maximum Gasteiger partial charge on any atom is 0.327 e. The molecule has 0 aliphatic carbocycles. The first-order valence-electron chi connectivity index (χ1n) is 8.86. The van der Waals surface area contributed by atoms with Crippen molar-refractivity contribution in [2.75, 3.05) is 0 Å². The van der Waals surface area contributed by atoms with Crippen LogP contribution in [-0.4, -0.2) is 16.9 Å². The molecule has 0 spiro atoms. The van der Waals surface area contributed by atoms with E-state index in [0.717, 1.165) is 21.9 Å². The van der Waals surface area contributed by atoms with E-state index in [1.807, 2.05) is 60.7 Å². The molecule has 3 rings (SSSR count). The molecule has 2 amide bonds. The van der Waals surface area contributed by atoms with Crippen LogP contribution in [0.5, 0.6) is 0 Å². The normalized spacial score (nSPS) is 10.2. The molecular formula is C21H19ClN4O2S. The summed E-state index contributed by atoms with van der Waals surface area (Å²) in [4.78, 5) is 24.0. The van der Waals surface area contributed by atoms with Crippen LogP contribution in [0.2, 0.25) is 5.02 Å². The third-order valence-corrected chi connectivity index (χ3v) is 4.83. The lowest BCUT2D eigenvalue weighted by molar-refractivity contribution is -0.139. The average molecular weight is 427 g/mol. The molecular weight excluding hydrogens is 408 g/mol. The molecule has 4 N–H and O–H groups in total. The van der Waals surface area contributed by atoms with Crippen molar-refractivity contribution in [2.45, 2.75) is 13.1 Å². The Morgan fingerprint density at radius 1 is 0.759 bits per heavy atom. The van der Waals surface area contributed by atoms with Crippen LogP contribution in [0.15, 0.2) is 66.7 Å². The molecule has 0 aromatic heterocycles. The van der Waals surface area contributed by atoms with Crippen molar-refractivity contribution in [3.8, 4) is 0 Å². The Hall–Kier alpha value is -3.16. The molecule has 6 nitrogen and oxygen atoms in total. The lowest BCUT2D eigenvalue weighted by atomic mass is 10.0. The Morgan fingerprint density at radius 2 is 1.41 bits per heavy atom. The van der Waals surface area contributed by atoms with E-state index in [1.165, 1.54) is 0 Å². The third kappa shape index (κ3) is 5.66. The topological polar surface area (TPSA) is 82.3 Å². The Bertz CT molecular complexity index is 1050. The van der Waals surface area contributed by atoms with Gasteiger partial charge in [0.2, 0.25) is 0 Å². The predicted molar refractivity (Wildman–Crippen MR) is 118 cm³/mol. The monoisotopic (exact) mass is 426 g/mol. The van der Waals surface area contributed by atoms with Crippen LogP contribution in [0.1, 0.15) is 11.1 Å². The molecule has 0 heterocycles. The van der Waals surface area contributed by atoms with E-state index in [4.69, 9.17) is 23.8 Å². The first-order valence-corrected chi connectivity index (χ1v) is 9.65. The number of benzene rings is 3. The fourth-order valence-electron chi connectivity index (χ4n) is 2.73. The molecule has 0 saturated heterocycles. The maximum atomic E-state index is 12.0. The minimum absolute atomic E-state index is 0.167. The van der Waals surface area contributed by atoms with Gasteiger partial charge in [-0.05, 0) is 40.2 Å². The van der Waals surface area contributed by atoms with Gasteiger partial charge in [0.05, 0.1) is 0 Å². The predicted octanol–water partition coefficient (Wildman–Crippen LogP) is 2.80. The van der Waals surface area contributed by atoms with Crippen LogP contribution in [0.25, 0.3) is 10.8 Å². The summed E-state index contributed by atoms with van der Waals surface area (Å²) in [5.74, 6) is -1.61. The number of hydrogen-bond donors (Lipinski definition) is 4. The van der Waals surface area contributed by atoms with Gasteiger partial charge in [-0.15, -0.1) is 0 Å². The van der Waals surface area contributed by atoms with Crippen molar-refractivity contribution in [3.63, 3.8) is 0 Å². The van der Waals surface area contributed by atoms with Crippen molar-refractivity contribution >= 4 is 51.5 Å². The van der Waals surface area contributed by atoms with Crippen LogP contribution in [0.3, 0.4) is 0 Å². The van der Waals surface area contributed by atoms with Gasteiger partial charge >= 0.3 is 11.8 Å². The van der Waals surface area contributed by atoms with Crippen LogP contribution in [0.4, 0.5) is 0 Å². The lowest BCUT2D eigenvalue weighted by Crippen LogP contribution is -2.51. The van der Waals surface area contributed by atoms with Crippen LogP contribution >= 0.6 is 23.8 Å². The van der Waals surface area contributed by atoms with Gasteiger partial charge in [-0.1, -0.05) is 72.3 Å². The highest BCUT2D eigenvalue weighted by atomic mass is 35.5. The molecule has 0 saturated carbocycles. The summed E-state index contributed by atoms with van der Waals surface area (Å²) in [6.07, 6.45) is 0. The summed E-state index contributed by atoms with van der Waals surface area (Å²) in [5.41, 5.74) is 6.55. The van der Waals surface area contributed by atoms with Crippen molar-refractivity contribution in [3.05, 3.63) is 82.9 Å². The molecule has 0 unspecified atom stereocenters. The summed E-state index contributed by atoms with van der Waals surface area (Å²) in [6.45, 7) is 0.622. The average Bonchev–Trinajstić information content (AvgIpc) is 2.75. The van der Waals surface area contributed by atoms with E-state index in [1.54, 1.807) is 6.07 Å². The van der Waals surface area contributed by atoms with E-state index < -0.39 is 11.8 Å². The summed E-state index contributed by atoms with van der Waals surface area (Å²) in [6, 6.07) is 21.0. The van der Waals surface area contributed by atoms with Gasteiger partial charge in [-0.25, -0.2) is 0 Å². The second-order valence-electron chi connectivity index (χ2n) is 6.17. The van der Waals surface area contributed by atoms with Crippen LogP contribution < -0.4 is 21.5 Å². The van der Waals surface area contributed by atoms with Gasteiger partial charge in [0.1, 0.15) is 0 Å². The Balaban J connectivity index is 1.45. The molecule has 0 fully saturated rings. The van der Waals surface area contributed by atoms with Gasteiger partial charge in [-0.2, -0.15) is 0 Å². The van der Waals surface area contributed by atoms with E-state index in [2.05, 4.69) is 21.5 Å². The van der Waals surface area contributed by atoms with Gasteiger partial charge < -0.3 is 10.6 Å². The number of thiocarbonyl (C=S) groups is 1. The Morgan fingerprint density at radius 3 is 2.24 bits per heavy atom. The van der Waals surface area contributed by atoms with Gasteiger partial charge in [0, 0.05) is 18.1 Å². The Labute approximate surface area is 178 Å². The summed E-state index contributed by atoms with van der Waals surface area (Å²) < 4.78 is 0. The number of hydrazine groups is 1. The van der Waals surface area contributed by atoms with Gasteiger partial charge in [0.15, 0.2) is 5.11 Å². The number of amides is 2. The van der Waals surface area contributed by atoms with Gasteiger partial charge in [0.25, 0.3) is 0 Å². The highest BCUT2D eigenvalue weighted by Gasteiger charge is 2.13. The van der Waals surface area contributed by atoms with Crippen molar-refractivity contribution in [1.29, 1.82) is 0 Å². The molecule has 3 aromatic carbocycles. The molecule has 148 valence electrons. The zero-order valence-electron chi connectivity index (χ0n) is 15.4. The maximum absolute atomic E-state index is 12.0. The highest BCUT2D eigenvalue weighted by Crippen LogP contribution is 2.18. The van der Waals surface area contributed by atoms with Crippen LogP contribution in [0, 0.1) is 0 Å². The first kappa shape index (κ1) is 20.6. The summed E-state index contributed by atoms with van der Waals surface area (Å²) in [7, 11) is 0. The minimum Gasteiger partial charge on any atom is -0.357 e. The molecule has 0 bridgehead atoms. The fraction of sp³-hybridized carbons (Fsp3) is 0.0952. The van der Waals surface area contributed by atoms with E-state index >= 15 is 0 Å². The fourth-order valence-corrected chi connectivity index (χ4v) is 3.06. The zero-order valence-corrected chi connectivity index (χ0v) is 16.9. The number of halogens is 1. The Kier molecular flexibility index (Phi) is 6.99. The van der Waals surface area contributed by atoms with E-state index in [0.29, 0.717) is 11.6 Å². The molecule has 8 heteroatoms. The molecule has 0 aliphatic rings. The number of rotatable bonds is 4. The summed E-state index contributed by atoms with van der Waals surface area (Å²) >= 11 is 11.2.